The van der Waals surface area contributed by atoms with Crippen molar-refractivity contribution in [2.45, 2.75) is 0 Å². The fraction of sp³-hybridized carbons (Fsp3) is 0.125. The third-order valence-corrected chi connectivity index (χ3v) is 3.22. The second-order valence-electron chi connectivity index (χ2n) is 4.43. The van der Waals surface area contributed by atoms with Crippen molar-refractivity contribution in [1.29, 1.82) is 0 Å². The average molecular weight is 283 g/mol. The lowest BCUT2D eigenvalue weighted by molar-refractivity contribution is 0.100. The minimum Gasteiger partial charge on any atom is -0.493 e. The molecule has 0 N–H and O–H groups in total. The van der Waals surface area contributed by atoms with E-state index < -0.39 is 0 Å². The molecule has 0 saturated carbocycles. The van der Waals surface area contributed by atoms with Crippen LogP contribution < -0.4 is 9.47 Å². The lowest BCUT2D eigenvalue weighted by atomic mass is 10.1. The van der Waals surface area contributed by atoms with Gasteiger partial charge in [0, 0.05) is 11.6 Å². The lowest BCUT2D eigenvalue weighted by Gasteiger charge is -2.06. The standard InChI is InChI=1S/C16H13NO4/c1-19-13-8-11-12(9-14(13)20-2)17-21-16(11)15(18)10-6-4-3-5-7-10/h3-9H,1-2H3. The van der Waals surface area contributed by atoms with E-state index >= 15 is 0 Å². The maximum atomic E-state index is 12.5. The molecular weight excluding hydrogens is 270 g/mol. The first kappa shape index (κ1) is 13.2. The van der Waals surface area contributed by atoms with Crippen LogP contribution >= 0.6 is 0 Å². The molecule has 0 atom stereocenters. The van der Waals surface area contributed by atoms with E-state index in [4.69, 9.17) is 14.0 Å². The van der Waals surface area contributed by atoms with Gasteiger partial charge in [0.05, 0.1) is 19.6 Å². The van der Waals surface area contributed by atoms with E-state index in [1.54, 1.807) is 43.5 Å². The first-order valence-electron chi connectivity index (χ1n) is 6.35. The highest BCUT2D eigenvalue weighted by Crippen LogP contribution is 2.33. The maximum Gasteiger partial charge on any atom is 0.231 e. The van der Waals surface area contributed by atoms with Crippen molar-refractivity contribution < 1.29 is 18.8 Å². The van der Waals surface area contributed by atoms with Gasteiger partial charge >= 0.3 is 0 Å². The lowest BCUT2D eigenvalue weighted by Crippen LogP contribution is -2.00. The van der Waals surface area contributed by atoms with Crippen molar-refractivity contribution in [3.05, 3.63) is 53.8 Å². The highest BCUT2D eigenvalue weighted by Gasteiger charge is 2.20. The maximum absolute atomic E-state index is 12.5. The molecule has 3 rings (SSSR count). The first-order chi connectivity index (χ1) is 10.2. The summed E-state index contributed by atoms with van der Waals surface area (Å²) >= 11 is 0. The van der Waals surface area contributed by atoms with Crippen LogP contribution in [0.3, 0.4) is 0 Å². The molecule has 5 nitrogen and oxygen atoms in total. The largest absolute Gasteiger partial charge is 0.493 e. The summed E-state index contributed by atoms with van der Waals surface area (Å²) < 4.78 is 15.7. The van der Waals surface area contributed by atoms with Gasteiger partial charge in [-0.3, -0.25) is 4.79 Å². The van der Waals surface area contributed by atoms with Crippen molar-refractivity contribution in [2.75, 3.05) is 14.2 Å². The Morgan fingerprint density at radius 2 is 1.71 bits per heavy atom. The van der Waals surface area contributed by atoms with Gasteiger partial charge in [0.1, 0.15) is 5.52 Å². The zero-order chi connectivity index (χ0) is 14.8. The third-order valence-electron chi connectivity index (χ3n) is 3.22. The molecule has 0 radical (unpaired) electrons. The summed E-state index contributed by atoms with van der Waals surface area (Å²) in [5.74, 6) is 1.04. The molecule has 0 fully saturated rings. The Morgan fingerprint density at radius 3 is 2.38 bits per heavy atom. The van der Waals surface area contributed by atoms with Crippen LogP contribution in [-0.2, 0) is 0 Å². The van der Waals surface area contributed by atoms with Gasteiger partial charge in [-0.2, -0.15) is 0 Å². The molecule has 1 heterocycles. The smallest absolute Gasteiger partial charge is 0.231 e. The zero-order valence-electron chi connectivity index (χ0n) is 11.6. The van der Waals surface area contributed by atoms with E-state index in [9.17, 15) is 4.79 Å². The summed E-state index contributed by atoms with van der Waals surface area (Å²) in [7, 11) is 3.08. The van der Waals surface area contributed by atoms with Crippen LogP contribution in [0.2, 0.25) is 0 Å². The number of rotatable bonds is 4. The number of fused-ring (bicyclic) bond motifs is 1. The predicted molar refractivity (Wildman–Crippen MR) is 77.0 cm³/mol. The average Bonchev–Trinajstić information content (AvgIpc) is 2.96. The van der Waals surface area contributed by atoms with E-state index in [-0.39, 0.29) is 11.5 Å². The molecule has 5 heteroatoms. The van der Waals surface area contributed by atoms with Gasteiger partial charge in [-0.05, 0) is 6.07 Å². The van der Waals surface area contributed by atoms with Gasteiger partial charge in [0.25, 0.3) is 0 Å². The van der Waals surface area contributed by atoms with Crippen LogP contribution in [0.4, 0.5) is 0 Å². The molecule has 3 aromatic rings. The number of carbonyl (C=O) groups excluding carboxylic acids is 1. The van der Waals surface area contributed by atoms with Crippen molar-refractivity contribution in [3.63, 3.8) is 0 Å². The Kier molecular flexibility index (Phi) is 3.31. The number of carbonyl (C=O) groups is 1. The number of aromatic nitrogens is 1. The second kappa shape index (κ2) is 5.28. The van der Waals surface area contributed by atoms with Gasteiger partial charge in [-0.25, -0.2) is 0 Å². The van der Waals surface area contributed by atoms with Crippen molar-refractivity contribution in [3.8, 4) is 11.5 Å². The number of ketones is 1. The van der Waals surface area contributed by atoms with Crippen LogP contribution in [0.5, 0.6) is 11.5 Å². The van der Waals surface area contributed by atoms with E-state index in [0.29, 0.717) is 28.0 Å². The molecule has 0 aliphatic carbocycles. The number of benzene rings is 2. The van der Waals surface area contributed by atoms with Gasteiger partial charge in [-0.1, -0.05) is 35.5 Å². The van der Waals surface area contributed by atoms with E-state index in [2.05, 4.69) is 5.16 Å². The fourth-order valence-corrected chi connectivity index (χ4v) is 2.15. The van der Waals surface area contributed by atoms with E-state index in [1.807, 2.05) is 6.07 Å². The molecule has 1 aromatic heterocycles. The molecule has 21 heavy (non-hydrogen) atoms. The number of hydrogen-bond donors (Lipinski definition) is 0. The minimum atomic E-state index is -0.217. The summed E-state index contributed by atoms with van der Waals surface area (Å²) in [5.41, 5.74) is 1.09. The van der Waals surface area contributed by atoms with Crippen LogP contribution in [0, 0.1) is 0 Å². The fourth-order valence-electron chi connectivity index (χ4n) is 2.15. The van der Waals surface area contributed by atoms with Crippen LogP contribution in [-0.4, -0.2) is 25.2 Å². The Hall–Kier alpha value is -2.82. The van der Waals surface area contributed by atoms with Crippen molar-refractivity contribution in [2.24, 2.45) is 0 Å². The summed E-state index contributed by atoms with van der Waals surface area (Å²) in [6.07, 6.45) is 0. The van der Waals surface area contributed by atoms with Crippen LogP contribution in [0.1, 0.15) is 16.1 Å². The number of methoxy groups -OCH3 is 2. The molecule has 0 spiro atoms. The van der Waals surface area contributed by atoms with Gasteiger partial charge in [0.2, 0.25) is 11.5 Å². The number of nitrogens with zero attached hydrogens (tertiary/aromatic N) is 1. The predicted octanol–water partition coefficient (Wildman–Crippen LogP) is 3.08. The molecule has 0 aliphatic heterocycles. The minimum absolute atomic E-state index is 0.192. The van der Waals surface area contributed by atoms with Gasteiger partial charge in [-0.15, -0.1) is 0 Å². The SMILES string of the molecule is COc1cc2noc(C(=O)c3ccccc3)c2cc1OC. The molecule has 0 saturated heterocycles. The van der Waals surface area contributed by atoms with E-state index in [0.717, 1.165) is 0 Å². The molecule has 106 valence electrons. The Bertz CT molecular complexity index is 793. The Morgan fingerprint density at radius 1 is 1.05 bits per heavy atom. The number of ether oxygens (including phenoxy) is 2. The summed E-state index contributed by atoms with van der Waals surface area (Å²) in [6.45, 7) is 0. The summed E-state index contributed by atoms with van der Waals surface area (Å²) in [5, 5.41) is 4.52. The van der Waals surface area contributed by atoms with Crippen LogP contribution in [0.15, 0.2) is 47.0 Å². The van der Waals surface area contributed by atoms with E-state index in [1.165, 1.54) is 7.11 Å². The second-order valence-corrected chi connectivity index (χ2v) is 4.43. The quantitative estimate of drug-likeness (QED) is 0.689. The van der Waals surface area contributed by atoms with Crippen molar-refractivity contribution in [1.82, 2.24) is 5.16 Å². The highest BCUT2D eigenvalue weighted by molar-refractivity contribution is 6.14. The van der Waals surface area contributed by atoms with Crippen LogP contribution in [0.25, 0.3) is 10.9 Å². The molecule has 0 bridgehead atoms. The first-order valence-corrected chi connectivity index (χ1v) is 6.35. The van der Waals surface area contributed by atoms with Crippen molar-refractivity contribution >= 4 is 16.7 Å². The molecule has 0 aliphatic rings. The topological polar surface area (TPSA) is 61.6 Å². The zero-order valence-corrected chi connectivity index (χ0v) is 11.6. The molecular formula is C16H13NO4. The Labute approximate surface area is 121 Å². The highest BCUT2D eigenvalue weighted by atomic mass is 16.5. The number of hydrogen-bond acceptors (Lipinski definition) is 5. The Balaban J connectivity index is 2.14. The van der Waals surface area contributed by atoms with Gasteiger partial charge in [0.15, 0.2) is 11.5 Å². The molecule has 0 amide bonds. The molecule has 0 unspecified atom stereocenters. The monoisotopic (exact) mass is 283 g/mol. The van der Waals surface area contributed by atoms with Gasteiger partial charge < -0.3 is 14.0 Å². The normalized spacial score (nSPS) is 10.6. The summed E-state index contributed by atoms with van der Waals surface area (Å²) in [6, 6.07) is 12.3. The third kappa shape index (κ3) is 2.23. The molecule has 2 aromatic carbocycles. The summed E-state index contributed by atoms with van der Waals surface area (Å²) in [4.78, 5) is 12.5.